The van der Waals surface area contributed by atoms with Gasteiger partial charge in [-0.3, -0.25) is 5.32 Å². The Kier molecular flexibility index (Phi) is 4.36. The highest BCUT2D eigenvalue weighted by molar-refractivity contribution is 7.99. The Morgan fingerprint density at radius 2 is 2.08 bits per heavy atom. The van der Waals surface area contributed by atoms with Crippen LogP contribution in [0.15, 0.2) is 0 Å². The van der Waals surface area contributed by atoms with Crippen molar-refractivity contribution in [3.63, 3.8) is 0 Å². The molecule has 1 atom stereocenters. The zero-order valence-corrected chi connectivity index (χ0v) is 9.68. The third-order valence-electron chi connectivity index (χ3n) is 2.98. The number of thioether (sulfide) groups is 1. The average Bonchev–Trinajstić information content (AvgIpc) is 2.55. The zero-order valence-electron chi connectivity index (χ0n) is 8.04. The molecule has 0 radical (unpaired) electrons. The van der Waals surface area contributed by atoms with Gasteiger partial charge in [0.2, 0.25) is 0 Å². The predicted octanol–water partition coefficient (Wildman–Crippen LogP) is 1.89. The lowest BCUT2D eigenvalue weighted by atomic mass is 9.91. The summed E-state index contributed by atoms with van der Waals surface area (Å²) >= 11 is 2.07. The minimum Gasteiger partial charge on any atom is -0.359 e. The number of hydrogen-bond acceptors (Lipinski definition) is 3. The highest BCUT2D eigenvalue weighted by Gasteiger charge is 2.38. The smallest absolute Gasteiger partial charge is 0.119 e. The largest absolute Gasteiger partial charge is 0.359 e. The first-order chi connectivity index (χ1) is 5.81. The van der Waals surface area contributed by atoms with Gasteiger partial charge in [-0.25, -0.2) is 0 Å². The molecule has 0 aromatic carbocycles. The Morgan fingerprint density at radius 3 is 2.62 bits per heavy atom. The highest BCUT2D eigenvalue weighted by Crippen LogP contribution is 2.33. The normalized spacial score (nSPS) is 35.8. The van der Waals surface area contributed by atoms with Gasteiger partial charge in [-0.2, -0.15) is 11.8 Å². The fourth-order valence-electron chi connectivity index (χ4n) is 2.12. The summed E-state index contributed by atoms with van der Waals surface area (Å²) < 4.78 is 5.76. The molecule has 2 rings (SSSR count). The van der Waals surface area contributed by atoms with Crippen molar-refractivity contribution in [3.05, 3.63) is 0 Å². The number of halogens is 1. The fraction of sp³-hybridized carbons (Fsp3) is 1.00. The Balaban J connectivity index is 0.000000845. The molecule has 2 fully saturated rings. The number of hydrogen-bond donors (Lipinski definition) is 1. The van der Waals surface area contributed by atoms with Crippen molar-refractivity contribution in [2.24, 2.45) is 5.92 Å². The maximum Gasteiger partial charge on any atom is 0.119 e. The summed E-state index contributed by atoms with van der Waals surface area (Å²) in [5.41, 5.74) is 0.000972. The van der Waals surface area contributed by atoms with Crippen molar-refractivity contribution in [1.29, 1.82) is 0 Å². The first kappa shape index (κ1) is 11.6. The van der Waals surface area contributed by atoms with E-state index in [2.05, 4.69) is 24.0 Å². The molecule has 13 heavy (non-hydrogen) atoms. The van der Waals surface area contributed by atoms with E-state index in [0.29, 0.717) is 0 Å². The maximum absolute atomic E-state index is 5.76. The van der Waals surface area contributed by atoms with Crippen LogP contribution in [0.1, 0.15) is 19.8 Å². The summed E-state index contributed by atoms with van der Waals surface area (Å²) in [4.78, 5) is 0. The topological polar surface area (TPSA) is 21.3 Å². The van der Waals surface area contributed by atoms with Gasteiger partial charge in [0.25, 0.3) is 0 Å². The van der Waals surface area contributed by atoms with Crippen LogP contribution in [0.25, 0.3) is 0 Å². The van der Waals surface area contributed by atoms with Crippen LogP contribution < -0.4 is 5.32 Å². The second-order valence-corrected chi connectivity index (χ2v) is 4.99. The Morgan fingerprint density at radius 1 is 1.38 bits per heavy atom. The molecule has 0 aromatic heterocycles. The van der Waals surface area contributed by atoms with Gasteiger partial charge in [0, 0.05) is 12.5 Å². The third-order valence-corrected chi connectivity index (χ3v) is 4.03. The van der Waals surface area contributed by atoms with E-state index in [-0.39, 0.29) is 18.1 Å². The van der Waals surface area contributed by atoms with Crippen LogP contribution in [0.4, 0.5) is 0 Å². The number of rotatable bonds is 1. The van der Waals surface area contributed by atoms with Gasteiger partial charge >= 0.3 is 0 Å². The second-order valence-electron chi connectivity index (χ2n) is 3.77. The standard InChI is InChI=1S/C9H17NOS.ClH/c1-9(10-4-5-11-9)8-2-6-12-7-3-8;/h8,10H,2-7H2,1H3;1H. The van der Waals surface area contributed by atoms with Crippen LogP contribution >= 0.6 is 24.2 Å². The molecule has 2 nitrogen and oxygen atoms in total. The van der Waals surface area contributed by atoms with E-state index in [1.165, 1.54) is 24.3 Å². The van der Waals surface area contributed by atoms with Crippen LogP contribution in [0.5, 0.6) is 0 Å². The van der Waals surface area contributed by atoms with Crippen molar-refractivity contribution in [2.75, 3.05) is 24.7 Å². The van der Waals surface area contributed by atoms with Crippen LogP contribution in [0.2, 0.25) is 0 Å². The van der Waals surface area contributed by atoms with Crippen molar-refractivity contribution < 1.29 is 4.74 Å². The van der Waals surface area contributed by atoms with Gasteiger partial charge in [0.1, 0.15) is 5.72 Å². The summed E-state index contributed by atoms with van der Waals surface area (Å²) in [6, 6.07) is 0. The van der Waals surface area contributed by atoms with Gasteiger partial charge in [-0.15, -0.1) is 12.4 Å². The van der Waals surface area contributed by atoms with Crippen LogP contribution in [0, 0.1) is 5.92 Å². The monoisotopic (exact) mass is 223 g/mol. The molecule has 0 saturated carbocycles. The van der Waals surface area contributed by atoms with Crippen LogP contribution in [-0.2, 0) is 4.74 Å². The lowest BCUT2D eigenvalue weighted by Gasteiger charge is -2.35. The maximum atomic E-state index is 5.76. The van der Waals surface area contributed by atoms with E-state index in [0.717, 1.165) is 19.1 Å². The van der Waals surface area contributed by atoms with E-state index in [9.17, 15) is 0 Å². The van der Waals surface area contributed by atoms with E-state index >= 15 is 0 Å². The van der Waals surface area contributed by atoms with Gasteiger partial charge in [-0.05, 0) is 31.3 Å². The predicted molar refractivity (Wildman–Crippen MR) is 59.7 cm³/mol. The summed E-state index contributed by atoms with van der Waals surface area (Å²) in [5.74, 6) is 3.36. The molecule has 0 amide bonds. The van der Waals surface area contributed by atoms with Crippen molar-refractivity contribution in [3.8, 4) is 0 Å². The highest BCUT2D eigenvalue weighted by atomic mass is 35.5. The van der Waals surface area contributed by atoms with Crippen molar-refractivity contribution in [1.82, 2.24) is 5.32 Å². The minimum atomic E-state index is 0. The molecular weight excluding hydrogens is 206 g/mol. The quantitative estimate of drug-likeness (QED) is 0.734. The first-order valence-corrected chi connectivity index (χ1v) is 5.93. The summed E-state index contributed by atoms with van der Waals surface area (Å²) in [5, 5.41) is 3.47. The Bertz CT molecular complexity index is 156. The summed E-state index contributed by atoms with van der Waals surface area (Å²) in [6.07, 6.45) is 2.63. The zero-order chi connectivity index (χ0) is 8.44. The van der Waals surface area contributed by atoms with E-state index < -0.39 is 0 Å². The second kappa shape index (κ2) is 4.87. The van der Waals surface area contributed by atoms with E-state index in [4.69, 9.17) is 4.74 Å². The molecular formula is C9H18ClNOS. The molecule has 2 aliphatic heterocycles. The molecule has 2 aliphatic rings. The SMILES string of the molecule is CC1(C2CCSCC2)NCCO1.Cl. The van der Waals surface area contributed by atoms with Crippen molar-refractivity contribution in [2.45, 2.75) is 25.5 Å². The lowest BCUT2D eigenvalue weighted by Crippen LogP contribution is -2.46. The Hall–Kier alpha value is 0.560. The Labute approximate surface area is 90.6 Å². The summed E-state index contributed by atoms with van der Waals surface area (Å²) in [7, 11) is 0. The van der Waals surface area contributed by atoms with Gasteiger partial charge in [0.05, 0.1) is 6.61 Å². The van der Waals surface area contributed by atoms with E-state index in [1.807, 2.05) is 0 Å². The molecule has 0 bridgehead atoms. The molecule has 0 aliphatic carbocycles. The molecule has 78 valence electrons. The van der Waals surface area contributed by atoms with Crippen LogP contribution in [0.3, 0.4) is 0 Å². The van der Waals surface area contributed by atoms with Crippen LogP contribution in [-0.4, -0.2) is 30.4 Å². The molecule has 1 unspecified atom stereocenters. The molecule has 4 heteroatoms. The summed E-state index contributed by atoms with van der Waals surface area (Å²) in [6.45, 7) is 4.13. The average molecular weight is 224 g/mol. The van der Waals surface area contributed by atoms with Gasteiger partial charge in [0.15, 0.2) is 0 Å². The molecule has 2 heterocycles. The molecule has 1 N–H and O–H groups in total. The van der Waals surface area contributed by atoms with Crippen molar-refractivity contribution >= 4 is 24.2 Å². The first-order valence-electron chi connectivity index (χ1n) is 4.78. The van der Waals surface area contributed by atoms with E-state index in [1.54, 1.807) is 0 Å². The molecule has 0 aromatic rings. The fourth-order valence-corrected chi connectivity index (χ4v) is 3.23. The number of ether oxygens (including phenoxy) is 1. The van der Waals surface area contributed by atoms with Gasteiger partial charge in [-0.1, -0.05) is 0 Å². The molecule has 0 spiro atoms. The molecule has 2 saturated heterocycles. The number of nitrogens with one attached hydrogen (secondary N) is 1. The van der Waals surface area contributed by atoms with Gasteiger partial charge < -0.3 is 4.74 Å². The third kappa shape index (κ3) is 2.52. The lowest BCUT2D eigenvalue weighted by molar-refractivity contribution is -0.0456. The minimum absolute atomic E-state index is 0.